The van der Waals surface area contributed by atoms with Gasteiger partial charge in [0, 0.05) is 26.3 Å². The quantitative estimate of drug-likeness (QED) is 0.710. The standard InChI is InChI=1S/C11H17N3O5S/c1-3-14(5-4-10(15)16)20(18,19)8-6-9(11(12)17)13(2)7-8/h6-7H,3-5H2,1-2H3,(H2,12,17)(H,15,16). The van der Waals surface area contributed by atoms with Crippen LogP contribution >= 0.6 is 0 Å². The number of aromatic nitrogens is 1. The maximum atomic E-state index is 12.3. The molecule has 0 unspecified atom stereocenters. The summed E-state index contributed by atoms with van der Waals surface area (Å²) in [5.41, 5.74) is 5.20. The Labute approximate surface area is 116 Å². The van der Waals surface area contributed by atoms with Crippen molar-refractivity contribution in [1.29, 1.82) is 0 Å². The largest absolute Gasteiger partial charge is 0.481 e. The number of primary amides is 1. The van der Waals surface area contributed by atoms with Crippen molar-refractivity contribution in [3.05, 3.63) is 18.0 Å². The lowest BCUT2D eigenvalue weighted by atomic mass is 10.4. The van der Waals surface area contributed by atoms with Crippen molar-refractivity contribution < 1.29 is 23.1 Å². The number of carbonyl (C=O) groups is 2. The van der Waals surface area contributed by atoms with Crippen molar-refractivity contribution in [2.24, 2.45) is 12.8 Å². The normalized spacial score (nSPS) is 11.8. The molecule has 1 aromatic heterocycles. The molecular formula is C11H17N3O5S. The van der Waals surface area contributed by atoms with Crippen LogP contribution in [0.5, 0.6) is 0 Å². The van der Waals surface area contributed by atoms with E-state index in [1.54, 1.807) is 6.92 Å². The monoisotopic (exact) mass is 303 g/mol. The summed E-state index contributed by atoms with van der Waals surface area (Å²) >= 11 is 0. The van der Waals surface area contributed by atoms with E-state index in [2.05, 4.69) is 0 Å². The summed E-state index contributed by atoms with van der Waals surface area (Å²) in [4.78, 5) is 21.6. The molecule has 0 aliphatic rings. The molecule has 0 spiro atoms. The predicted octanol–water partition coefficient (Wildman–Crippen LogP) is -0.391. The van der Waals surface area contributed by atoms with Crippen LogP contribution in [0.2, 0.25) is 0 Å². The zero-order valence-corrected chi connectivity index (χ0v) is 12.1. The van der Waals surface area contributed by atoms with Gasteiger partial charge < -0.3 is 15.4 Å². The van der Waals surface area contributed by atoms with Crippen molar-refractivity contribution in [1.82, 2.24) is 8.87 Å². The van der Waals surface area contributed by atoms with Crippen LogP contribution in [0.15, 0.2) is 17.2 Å². The number of sulfonamides is 1. The van der Waals surface area contributed by atoms with Crippen LogP contribution in [-0.2, 0) is 21.9 Å². The Morgan fingerprint density at radius 2 is 2.05 bits per heavy atom. The fourth-order valence-corrected chi connectivity index (χ4v) is 3.26. The summed E-state index contributed by atoms with van der Waals surface area (Å²) in [6.45, 7) is 1.61. The molecule has 0 aromatic carbocycles. The Morgan fingerprint density at radius 1 is 1.45 bits per heavy atom. The van der Waals surface area contributed by atoms with E-state index < -0.39 is 21.9 Å². The van der Waals surface area contributed by atoms with E-state index in [1.807, 2.05) is 0 Å². The van der Waals surface area contributed by atoms with Crippen LogP contribution in [0, 0.1) is 0 Å². The summed E-state index contributed by atoms with van der Waals surface area (Å²) in [5, 5.41) is 8.63. The van der Waals surface area contributed by atoms with Gasteiger partial charge >= 0.3 is 5.97 Å². The second kappa shape index (κ2) is 6.06. The molecule has 0 atom stereocenters. The molecule has 0 bridgehead atoms. The highest BCUT2D eigenvalue weighted by atomic mass is 32.2. The van der Waals surface area contributed by atoms with Gasteiger partial charge in [-0.2, -0.15) is 4.31 Å². The number of carboxylic acid groups (broad SMARTS) is 1. The third-order valence-corrected chi connectivity index (χ3v) is 4.74. The first-order valence-corrected chi connectivity index (χ1v) is 7.32. The Bertz CT molecular complexity index is 620. The van der Waals surface area contributed by atoms with E-state index >= 15 is 0 Å². The molecule has 0 aliphatic heterocycles. The van der Waals surface area contributed by atoms with Crippen LogP contribution in [-0.4, -0.2) is 47.4 Å². The zero-order chi connectivity index (χ0) is 15.5. The molecule has 9 heteroatoms. The Kier molecular flexibility index (Phi) is 4.90. The molecule has 0 fully saturated rings. The molecule has 0 radical (unpaired) electrons. The van der Waals surface area contributed by atoms with E-state index in [-0.39, 0.29) is 30.1 Å². The summed E-state index contributed by atoms with van der Waals surface area (Å²) in [6.07, 6.45) is 0.988. The first-order chi connectivity index (χ1) is 9.20. The van der Waals surface area contributed by atoms with Gasteiger partial charge in [-0.25, -0.2) is 8.42 Å². The lowest BCUT2D eigenvalue weighted by molar-refractivity contribution is -0.137. The summed E-state index contributed by atoms with van der Waals surface area (Å²) in [6, 6.07) is 1.18. The van der Waals surface area contributed by atoms with E-state index in [0.717, 1.165) is 4.31 Å². The molecule has 20 heavy (non-hydrogen) atoms. The molecule has 3 N–H and O–H groups in total. The second-order valence-corrected chi connectivity index (χ2v) is 6.11. The van der Waals surface area contributed by atoms with Gasteiger partial charge in [-0.3, -0.25) is 9.59 Å². The molecular weight excluding hydrogens is 286 g/mol. The number of carbonyl (C=O) groups excluding carboxylic acids is 1. The summed E-state index contributed by atoms with van der Waals surface area (Å²) in [5.74, 6) is -1.81. The van der Waals surface area contributed by atoms with Crippen molar-refractivity contribution in [2.45, 2.75) is 18.2 Å². The SMILES string of the molecule is CCN(CCC(=O)O)S(=O)(=O)c1cc(C(N)=O)n(C)c1. The van der Waals surface area contributed by atoms with E-state index in [4.69, 9.17) is 10.8 Å². The number of aryl methyl sites for hydroxylation is 1. The minimum Gasteiger partial charge on any atom is -0.481 e. The van der Waals surface area contributed by atoms with Crippen LogP contribution in [0.1, 0.15) is 23.8 Å². The number of hydrogen-bond acceptors (Lipinski definition) is 4. The molecule has 0 saturated carbocycles. The van der Waals surface area contributed by atoms with E-state index in [9.17, 15) is 18.0 Å². The van der Waals surface area contributed by atoms with Gasteiger partial charge in [0.15, 0.2) is 0 Å². The average molecular weight is 303 g/mol. The number of carboxylic acids is 1. The van der Waals surface area contributed by atoms with Gasteiger partial charge in [0.05, 0.1) is 6.42 Å². The number of amides is 1. The minimum atomic E-state index is -3.84. The highest BCUT2D eigenvalue weighted by Gasteiger charge is 2.26. The fourth-order valence-electron chi connectivity index (χ4n) is 1.74. The topological polar surface area (TPSA) is 123 Å². The highest BCUT2D eigenvalue weighted by molar-refractivity contribution is 7.89. The first-order valence-electron chi connectivity index (χ1n) is 5.88. The average Bonchev–Trinajstić information content (AvgIpc) is 2.72. The van der Waals surface area contributed by atoms with Gasteiger partial charge in [-0.15, -0.1) is 0 Å². The molecule has 1 rings (SSSR count). The van der Waals surface area contributed by atoms with E-state index in [0.29, 0.717) is 0 Å². The van der Waals surface area contributed by atoms with E-state index in [1.165, 1.54) is 23.9 Å². The van der Waals surface area contributed by atoms with Crippen molar-refractivity contribution in [3.8, 4) is 0 Å². The van der Waals surface area contributed by atoms with Crippen molar-refractivity contribution in [3.63, 3.8) is 0 Å². The van der Waals surface area contributed by atoms with Gasteiger partial charge in [0.1, 0.15) is 10.6 Å². The third-order valence-electron chi connectivity index (χ3n) is 2.80. The molecule has 1 aromatic rings. The maximum Gasteiger partial charge on any atom is 0.304 e. The highest BCUT2D eigenvalue weighted by Crippen LogP contribution is 2.18. The fraction of sp³-hybridized carbons (Fsp3) is 0.455. The number of nitrogens with two attached hydrogens (primary N) is 1. The first kappa shape index (κ1) is 16.2. The number of nitrogens with zero attached hydrogens (tertiary/aromatic N) is 2. The molecule has 0 saturated heterocycles. The predicted molar refractivity (Wildman–Crippen MR) is 70.6 cm³/mol. The third kappa shape index (κ3) is 3.36. The van der Waals surface area contributed by atoms with Crippen LogP contribution in [0.4, 0.5) is 0 Å². The van der Waals surface area contributed by atoms with Gasteiger partial charge in [-0.05, 0) is 6.07 Å². The number of aliphatic carboxylic acids is 1. The van der Waals surface area contributed by atoms with Crippen LogP contribution < -0.4 is 5.73 Å². The van der Waals surface area contributed by atoms with Crippen molar-refractivity contribution >= 4 is 21.9 Å². The Morgan fingerprint density at radius 3 is 2.45 bits per heavy atom. The van der Waals surface area contributed by atoms with Crippen molar-refractivity contribution in [2.75, 3.05) is 13.1 Å². The smallest absolute Gasteiger partial charge is 0.304 e. The number of rotatable bonds is 7. The second-order valence-electron chi connectivity index (χ2n) is 4.18. The van der Waals surface area contributed by atoms with Crippen LogP contribution in [0.3, 0.4) is 0 Å². The molecule has 112 valence electrons. The lowest BCUT2D eigenvalue weighted by Crippen LogP contribution is -2.32. The van der Waals surface area contributed by atoms with Gasteiger partial charge in [0.25, 0.3) is 5.91 Å². The van der Waals surface area contributed by atoms with Crippen LogP contribution in [0.25, 0.3) is 0 Å². The number of hydrogen-bond donors (Lipinski definition) is 2. The maximum absolute atomic E-state index is 12.3. The molecule has 8 nitrogen and oxygen atoms in total. The Hall–Kier alpha value is -1.87. The summed E-state index contributed by atoms with van der Waals surface area (Å²) in [7, 11) is -2.33. The van der Waals surface area contributed by atoms with Gasteiger partial charge in [0.2, 0.25) is 10.0 Å². The molecule has 1 amide bonds. The molecule has 0 aliphatic carbocycles. The summed E-state index contributed by atoms with van der Waals surface area (Å²) < 4.78 is 27.0. The minimum absolute atomic E-state index is 0.0675. The lowest BCUT2D eigenvalue weighted by Gasteiger charge is -2.18. The van der Waals surface area contributed by atoms with Gasteiger partial charge in [-0.1, -0.05) is 6.92 Å². The Balaban J connectivity index is 3.10. The zero-order valence-electron chi connectivity index (χ0n) is 11.2. The molecule has 1 heterocycles.